The molecular formula is C77H138O17P2. The Bertz CT molecular complexity index is 2040. The van der Waals surface area contributed by atoms with E-state index in [9.17, 15) is 43.2 Å². The van der Waals surface area contributed by atoms with Gasteiger partial charge in [-0.3, -0.25) is 27.7 Å². The molecule has 558 valence electrons. The molecular weight excluding hydrogens is 1260 g/mol. The molecule has 0 bridgehead atoms. The zero-order chi connectivity index (χ0) is 70.0. The molecule has 0 fully saturated rings. The van der Waals surface area contributed by atoms with E-state index in [1.807, 2.05) is 12.2 Å². The van der Waals surface area contributed by atoms with Gasteiger partial charge in [-0.15, -0.1) is 0 Å². The Labute approximate surface area is 583 Å². The van der Waals surface area contributed by atoms with Crippen molar-refractivity contribution >= 4 is 40.2 Å². The van der Waals surface area contributed by atoms with Crippen molar-refractivity contribution in [3.05, 3.63) is 72.9 Å². The molecule has 0 aliphatic rings. The molecule has 0 saturated carbocycles. The number of aliphatic hydroxyl groups excluding tert-OH is 1. The summed E-state index contributed by atoms with van der Waals surface area (Å²) in [6.07, 6.45) is 73.0. The molecule has 0 saturated heterocycles. The molecule has 0 aromatic carbocycles. The second-order valence-corrected chi connectivity index (χ2v) is 28.4. The molecule has 0 rings (SSSR count). The average Bonchev–Trinajstić information content (AvgIpc) is 1.59. The normalized spacial score (nSPS) is 14.4. The number of phosphoric acid groups is 2. The van der Waals surface area contributed by atoms with Crippen LogP contribution in [-0.2, 0) is 65.4 Å². The molecule has 0 radical (unpaired) electrons. The summed E-state index contributed by atoms with van der Waals surface area (Å²) in [5.74, 6) is -1.10. The predicted octanol–water partition coefficient (Wildman–Crippen LogP) is 21.0. The van der Waals surface area contributed by atoms with Crippen LogP contribution in [0.4, 0.5) is 0 Å². The van der Waals surface area contributed by atoms with Gasteiger partial charge in [0.2, 0.25) is 0 Å². The van der Waals surface area contributed by atoms with E-state index in [0.29, 0.717) is 45.3 Å². The van der Waals surface area contributed by atoms with Gasteiger partial charge in [-0.1, -0.05) is 241 Å². The van der Waals surface area contributed by atoms with Gasteiger partial charge in [-0.2, -0.15) is 0 Å². The SMILES string of the molecule is CCCCC/C=C\C/C=C\C/C=C\C/C=C\CCCC(=O)OC[C@H](COP(=O)(O)OC[C@@H](O)COP(=O)(O)OC[C@@H](COCCCCCCC/C=C\CCCCCCC=O)OCCCCCCC/C=C\CCCCCCC=O)OC(=O)CCCCCCCCCCCCCCC. The molecule has 2 unspecified atom stereocenters. The molecule has 0 aliphatic heterocycles. The summed E-state index contributed by atoms with van der Waals surface area (Å²) in [6, 6.07) is 0. The number of carbonyl (C=O) groups excluding carboxylic acids is 4. The highest BCUT2D eigenvalue weighted by Crippen LogP contribution is 2.45. The van der Waals surface area contributed by atoms with Crippen molar-refractivity contribution in [2.45, 2.75) is 340 Å². The van der Waals surface area contributed by atoms with Gasteiger partial charge in [0.05, 0.1) is 33.0 Å². The number of hydrogen-bond donors (Lipinski definition) is 3. The number of unbranched alkanes of at least 4 members (excludes halogenated alkanes) is 36. The number of allylic oxidation sites excluding steroid dienone is 12. The van der Waals surface area contributed by atoms with Gasteiger partial charge in [0.1, 0.15) is 31.4 Å². The summed E-state index contributed by atoms with van der Waals surface area (Å²) in [5.41, 5.74) is 0. The Balaban J connectivity index is 5.23. The van der Waals surface area contributed by atoms with Crippen LogP contribution in [0.3, 0.4) is 0 Å². The Kier molecular flexibility index (Phi) is 70.6. The quantitative estimate of drug-likeness (QED) is 0.0169. The van der Waals surface area contributed by atoms with Crippen LogP contribution in [0.2, 0.25) is 0 Å². The number of rotatable bonds is 76. The van der Waals surface area contributed by atoms with Crippen LogP contribution in [-0.4, -0.2) is 111 Å². The lowest BCUT2D eigenvalue weighted by Gasteiger charge is -2.21. The molecule has 19 heteroatoms. The number of hydrogen-bond acceptors (Lipinski definition) is 15. The third-order valence-electron chi connectivity index (χ3n) is 16.2. The van der Waals surface area contributed by atoms with Crippen LogP contribution in [0.1, 0.15) is 322 Å². The van der Waals surface area contributed by atoms with Crippen LogP contribution in [0, 0.1) is 0 Å². The standard InChI is InChI=1S/C77H138O17P2/c1-3-5-7-9-11-13-15-17-18-19-20-26-31-37-43-49-55-61-76(81)89-70-75(94-77(82)62-56-50-44-38-32-25-16-14-12-10-8-6-4-2)72-93-96(85,86)91-68-73(80)67-90-95(83,84)92-71-74(88-66-60-54-48-42-36-30-24-22-28-34-40-46-52-58-64-79)69-87-65-59-53-47-41-35-29-23-21-27-33-39-45-51-57-63-78/h11,13,17-18,20-24,26,37,43,63-64,73-75,80H,3-10,12,14-16,19,25,27-36,38-42,44-62,65-72H2,1-2H3,(H,83,84)(H,85,86)/b13-11-,18-17-,23-21-,24-22-,26-20-,43-37-/t73-,74+,75+/m0/s1. The van der Waals surface area contributed by atoms with Gasteiger partial charge in [0.15, 0.2) is 6.10 Å². The summed E-state index contributed by atoms with van der Waals surface area (Å²) in [7, 11) is -9.69. The lowest BCUT2D eigenvalue weighted by molar-refractivity contribution is -0.161. The topological polar surface area (TPSA) is 237 Å². The number of aliphatic hydroxyl groups is 1. The molecule has 5 atom stereocenters. The number of esters is 2. The second-order valence-electron chi connectivity index (χ2n) is 25.5. The summed E-state index contributed by atoms with van der Waals surface area (Å²) in [4.78, 5) is 68.0. The lowest BCUT2D eigenvalue weighted by Crippen LogP contribution is -2.30. The molecule has 0 aromatic heterocycles. The van der Waals surface area contributed by atoms with Gasteiger partial charge in [0, 0.05) is 38.9 Å². The first-order valence-corrected chi connectivity index (χ1v) is 41.1. The van der Waals surface area contributed by atoms with Crippen LogP contribution < -0.4 is 0 Å². The number of carbonyl (C=O) groups is 4. The molecule has 3 N–H and O–H groups in total. The molecule has 0 aromatic rings. The van der Waals surface area contributed by atoms with Crippen molar-refractivity contribution in [3.63, 3.8) is 0 Å². The van der Waals surface area contributed by atoms with E-state index in [2.05, 4.69) is 74.6 Å². The molecule has 0 spiro atoms. The first-order chi connectivity index (χ1) is 46.9. The third kappa shape index (κ3) is 72.1. The van der Waals surface area contributed by atoms with E-state index in [0.717, 1.165) is 205 Å². The van der Waals surface area contributed by atoms with E-state index in [1.54, 1.807) is 0 Å². The van der Waals surface area contributed by atoms with Crippen molar-refractivity contribution < 1.29 is 80.2 Å². The second kappa shape index (κ2) is 73.1. The van der Waals surface area contributed by atoms with Crippen LogP contribution in [0.15, 0.2) is 72.9 Å². The summed E-state index contributed by atoms with van der Waals surface area (Å²) in [6.45, 7) is 2.41. The van der Waals surface area contributed by atoms with E-state index in [1.165, 1.54) is 70.6 Å². The largest absolute Gasteiger partial charge is 0.472 e. The molecule has 0 heterocycles. The maximum absolute atomic E-state index is 13.1. The number of ether oxygens (including phenoxy) is 4. The van der Waals surface area contributed by atoms with Crippen molar-refractivity contribution in [1.29, 1.82) is 0 Å². The Morgan fingerprint density at radius 1 is 0.344 bits per heavy atom. The first-order valence-electron chi connectivity index (χ1n) is 38.1. The van der Waals surface area contributed by atoms with Crippen LogP contribution >= 0.6 is 15.6 Å². The summed E-state index contributed by atoms with van der Waals surface area (Å²) < 4.78 is 69.7. The predicted molar refractivity (Wildman–Crippen MR) is 391 cm³/mol. The lowest BCUT2D eigenvalue weighted by atomic mass is 10.0. The maximum atomic E-state index is 13.1. The van der Waals surface area contributed by atoms with Gasteiger partial charge in [0.25, 0.3) is 0 Å². The molecule has 17 nitrogen and oxygen atoms in total. The Morgan fingerprint density at radius 3 is 1.11 bits per heavy atom. The fraction of sp³-hybridized carbons (Fsp3) is 0.792. The maximum Gasteiger partial charge on any atom is 0.472 e. The van der Waals surface area contributed by atoms with Gasteiger partial charge in [-0.05, 0) is 128 Å². The monoisotopic (exact) mass is 1400 g/mol. The molecule has 0 amide bonds. The minimum Gasteiger partial charge on any atom is -0.462 e. The average molecular weight is 1400 g/mol. The highest BCUT2D eigenvalue weighted by molar-refractivity contribution is 7.47. The van der Waals surface area contributed by atoms with Crippen LogP contribution in [0.25, 0.3) is 0 Å². The minimum atomic E-state index is -4.92. The van der Waals surface area contributed by atoms with Crippen molar-refractivity contribution in [2.75, 3.05) is 52.9 Å². The van der Waals surface area contributed by atoms with Crippen molar-refractivity contribution in [1.82, 2.24) is 0 Å². The highest BCUT2D eigenvalue weighted by Gasteiger charge is 2.30. The van der Waals surface area contributed by atoms with Gasteiger partial charge in [-0.25, -0.2) is 9.13 Å². The zero-order valence-corrected chi connectivity index (χ0v) is 62.2. The minimum absolute atomic E-state index is 0.107. The highest BCUT2D eigenvalue weighted by atomic mass is 31.2. The van der Waals surface area contributed by atoms with Crippen molar-refractivity contribution in [2.24, 2.45) is 0 Å². The fourth-order valence-corrected chi connectivity index (χ4v) is 11.9. The smallest absolute Gasteiger partial charge is 0.462 e. The number of phosphoric ester groups is 2. The summed E-state index contributed by atoms with van der Waals surface area (Å²) in [5, 5.41) is 10.6. The first kappa shape index (κ1) is 92.8. The van der Waals surface area contributed by atoms with Crippen molar-refractivity contribution in [3.8, 4) is 0 Å². The third-order valence-corrected chi connectivity index (χ3v) is 18.1. The number of aldehydes is 2. The molecule has 0 aliphatic carbocycles. The van der Waals surface area contributed by atoms with E-state index in [4.69, 9.17) is 37.0 Å². The van der Waals surface area contributed by atoms with E-state index >= 15 is 0 Å². The zero-order valence-electron chi connectivity index (χ0n) is 60.4. The summed E-state index contributed by atoms with van der Waals surface area (Å²) >= 11 is 0. The Morgan fingerprint density at radius 2 is 0.667 bits per heavy atom. The van der Waals surface area contributed by atoms with E-state index < -0.39 is 72.3 Å². The fourth-order valence-electron chi connectivity index (χ4n) is 10.3. The van der Waals surface area contributed by atoms with E-state index in [-0.39, 0.29) is 26.1 Å². The Hall–Kier alpha value is -3.18. The van der Waals surface area contributed by atoms with Crippen LogP contribution in [0.5, 0.6) is 0 Å². The van der Waals surface area contributed by atoms with Gasteiger partial charge >= 0.3 is 27.6 Å². The molecule has 96 heavy (non-hydrogen) atoms. The van der Waals surface area contributed by atoms with Gasteiger partial charge < -0.3 is 43.4 Å².